The first-order valence-electron chi connectivity index (χ1n) is 2.47. The first-order valence-corrected chi connectivity index (χ1v) is 2.88. The van der Waals surface area contributed by atoms with E-state index in [1.807, 2.05) is 0 Å². The average molecular weight is 164 g/mol. The Kier molecular flexibility index (Phi) is 3.67. The summed E-state index contributed by atoms with van der Waals surface area (Å²) < 4.78 is 0. The van der Waals surface area contributed by atoms with Crippen LogP contribution in [0.5, 0.6) is 0 Å². The molecule has 0 aromatic carbocycles. The number of aliphatic carboxylic acids is 1. The number of rotatable bonds is 3. The van der Waals surface area contributed by atoms with Crippen molar-refractivity contribution in [3.63, 3.8) is 0 Å². The van der Waals surface area contributed by atoms with E-state index >= 15 is 0 Å². The van der Waals surface area contributed by atoms with Gasteiger partial charge in [0.1, 0.15) is 6.04 Å². The monoisotopic (exact) mass is 164 g/mol. The molecule has 0 heterocycles. The average Bonchev–Trinajstić information content (AvgIpc) is 1.81. The van der Waals surface area contributed by atoms with E-state index in [0.29, 0.717) is 0 Å². The minimum Gasteiger partial charge on any atom is -0.480 e. The number of carboxylic acids is 1. The number of hydrogen-bond acceptors (Lipinski definition) is 3. The molecule has 10 heavy (non-hydrogen) atoms. The fourth-order valence-corrected chi connectivity index (χ4v) is 0.499. The lowest BCUT2D eigenvalue weighted by Gasteiger charge is -2.09. The molecule has 0 rings (SSSR count). The summed E-state index contributed by atoms with van der Waals surface area (Å²) in [5, 5.41) is 18.7. The molecule has 0 radical (unpaired) electrons. The van der Waals surface area contributed by atoms with Crippen molar-refractivity contribution in [3.8, 4) is 0 Å². The number of aliphatic hydroxyl groups excluding tert-OH is 1. The number of carbonyl (C=O) groups is 1. The largest absolute Gasteiger partial charge is 0.480 e. The van der Waals surface area contributed by atoms with Crippen molar-refractivity contribution < 1.29 is 15.0 Å². The Morgan fingerprint density at radius 2 is 2.30 bits per heavy atom. The Hall–Kier alpha value is -0.880. The van der Waals surface area contributed by atoms with Crippen molar-refractivity contribution in [1.29, 1.82) is 0 Å². The predicted molar refractivity (Wildman–Crippen MR) is 38.4 cm³/mol. The minimum absolute atomic E-state index is 0.138. The van der Waals surface area contributed by atoms with E-state index in [0.717, 1.165) is 0 Å². The lowest BCUT2D eigenvalue weighted by molar-refractivity contribution is -0.139. The summed E-state index contributed by atoms with van der Waals surface area (Å²) in [5.41, 5.74) is 4.95. The maximum Gasteiger partial charge on any atom is 0.328 e. The Bertz CT molecular complexity index is 149. The van der Waals surface area contributed by atoms with Crippen molar-refractivity contribution in [2.24, 2.45) is 5.73 Å². The summed E-state index contributed by atoms with van der Waals surface area (Å²) in [5.74, 6) is -1.18. The molecule has 0 amide bonds. The molecule has 0 bridgehead atoms. The SMILES string of the molecule is NC(=S)NC(CO)C(=O)O. The molecule has 5 N–H and O–H groups in total. The topological polar surface area (TPSA) is 95.6 Å². The molecule has 0 aliphatic carbocycles. The van der Waals surface area contributed by atoms with Gasteiger partial charge in [0.2, 0.25) is 0 Å². The third-order valence-electron chi connectivity index (χ3n) is 0.797. The van der Waals surface area contributed by atoms with Crippen molar-refractivity contribution in [1.82, 2.24) is 5.32 Å². The Labute approximate surface area is 62.8 Å². The fourth-order valence-electron chi connectivity index (χ4n) is 0.357. The van der Waals surface area contributed by atoms with E-state index in [9.17, 15) is 4.79 Å². The lowest BCUT2D eigenvalue weighted by atomic mass is 10.3. The van der Waals surface area contributed by atoms with Crippen LogP contribution in [0.1, 0.15) is 0 Å². The molecule has 1 unspecified atom stereocenters. The zero-order valence-corrected chi connectivity index (χ0v) is 5.89. The molecule has 6 heteroatoms. The molecule has 0 aromatic heterocycles. The Balaban J connectivity index is 3.83. The number of carboxylic acid groups (broad SMARTS) is 1. The van der Waals surface area contributed by atoms with Gasteiger partial charge < -0.3 is 21.3 Å². The number of hydrogen-bond donors (Lipinski definition) is 4. The van der Waals surface area contributed by atoms with Crippen LogP contribution >= 0.6 is 12.2 Å². The first kappa shape index (κ1) is 9.12. The zero-order chi connectivity index (χ0) is 8.15. The van der Waals surface area contributed by atoms with Gasteiger partial charge in [0.15, 0.2) is 5.11 Å². The second kappa shape index (κ2) is 4.02. The molecule has 0 spiro atoms. The Morgan fingerprint density at radius 3 is 2.40 bits per heavy atom. The maximum atomic E-state index is 10.1. The van der Waals surface area contributed by atoms with Gasteiger partial charge in [-0.2, -0.15) is 0 Å². The van der Waals surface area contributed by atoms with Crippen LogP contribution in [-0.4, -0.2) is 33.9 Å². The van der Waals surface area contributed by atoms with E-state index in [2.05, 4.69) is 17.5 Å². The van der Waals surface area contributed by atoms with Crippen molar-refractivity contribution in [3.05, 3.63) is 0 Å². The number of nitrogens with one attached hydrogen (secondary N) is 1. The van der Waals surface area contributed by atoms with Crippen LogP contribution in [0.15, 0.2) is 0 Å². The van der Waals surface area contributed by atoms with Crippen molar-refractivity contribution in [2.45, 2.75) is 6.04 Å². The smallest absolute Gasteiger partial charge is 0.328 e. The summed E-state index contributed by atoms with van der Waals surface area (Å²) in [6, 6.07) is -1.10. The molecule has 58 valence electrons. The van der Waals surface area contributed by atoms with Crippen LogP contribution in [0.2, 0.25) is 0 Å². The van der Waals surface area contributed by atoms with E-state index in [-0.39, 0.29) is 5.11 Å². The first-order chi connectivity index (χ1) is 4.57. The molecule has 0 aliphatic heterocycles. The molecule has 0 saturated heterocycles. The highest BCUT2D eigenvalue weighted by atomic mass is 32.1. The molecule has 0 saturated carbocycles. The van der Waals surface area contributed by atoms with Gasteiger partial charge in [-0.15, -0.1) is 0 Å². The van der Waals surface area contributed by atoms with Gasteiger partial charge >= 0.3 is 5.97 Å². The summed E-state index contributed by atoms with van der Waals surface area (Å²) in [7, 11) is 0. The molecular weight excluding hydrogens is 156 g/mol. The van der Waals surface area contributed by atoms with E-state index < -0.39 is 18.6 Å². The summed E-state index contributed by atoms with van der Waals surface area (Å²) in [6.07, 6.45) is 0. The third kappa shape index (κ3) is 3.21. The van der Waals surface area contributed by atoms with Gasteiger partial charge in [-0.25, -0.2) is 4.79 Å². The van der Waals surface area contributed by atoms with Crippen LogP contribution in [0.4, 0.5) is 0 Å². The second-order valence-electron chi connectivity index (χ2n) is 1.58. The normalized spacial score (nSPS) is 12.1. The molecule has 1 atom stereocenters. The van der Waals surface area contributed by atoms with E-state index in [1.54, 1.807) is 0 Å². The fraction of sp³-hybridized carbons (Fsp3) is 0.500. The molecule has 0 aromatic rings. The van der Waals surface area contributed by atoms with Crippen LogP contribution in [-0.2, 0) is 4.79 Å². The number of aliphatic hydroxyl groups is 1. The third-order valence-corrected chi connectivity index (χ3v) is 0.915. The number of nitrogens with two attached hydrogens (primary N) is 1. The zero-order valence-electron chi connectivity index (χ0n) is 5.07. The molecular formula is C4H8N2O3S. The van der Waals surface area contributed by atoms with Crippen molar-refractivity contribution in [2.75, 3.05) is 6.61 Å². The maximum absolute atomic E-state index is 10.1. The van der Waals surface area contributed by atoms with Gasteiger partial charge in [0, 0.05) is 0 Å². The highest BCUT2D eigenvalue weighted by Gasteiger charge is 2.14. The second-order valence-corrected chi connectivity index (χ2v) is 2.02. The molecule has 5 nitrogen and oxygen atoms in total. The van der Waals surface area contributed by atoms with Crippen molar-refractivity contribution >= 4 is 23.3 Å². The number of thiocarbonyl (C=S) groups is 1. The van der Waals surface area contributed by atoms with Gasteiger partial charge in [-0.1, -0.05) is 0 Å². The van der Waals surface area contributed by atoms with Crippen LogP contribution in [0.3, 0.4) is 0 Å². The van der Waals surface area contributed by atoms with Crippen LogP contribution < -0.4 is 11.1 Å². The van der Waals surface area contributed by atoms with E-state index in [1.165, 1.54) is 0 Å². The van der Waals surface area contributed by atoms with Crippen LogP contribution in [0.25, 0.3) is 0 Å². The predicted octanol–water partition coefficient (Wildman–Crippen LogP) is -1.73. The summed E-state index contributed by atoms with van der Waals surface area (Å²) in [4.78, 5) is 10.1. The highest BCUT2D eigenvalue weighted by molar-refractivity contribution is 7.80. The van der Waals surface area contributed by atoms with Gasteiger partial charge in [0.25, 0.3) is 0 Å². The van der Waals surface area contributed by atoms with E-state index in [4.69, 9.17) is 15.9 Å². The standard InChI is InChI=1S/C4H8N2O3S/c5-4(10)6-2(1-7)3(8)9/h2,7H,1H2,(H,8,9)(H3,5,6,10). The minimum atomic E-state index is -1.18. The lowest BCUT2D eigenvalue weighted by Crippen LogP contribution is -2.45. The summed E-state index contributed by atoms with van der Waals surface area (Å²) >= 11 is 4.35. The summed E-state index contributed by atoms with van der Waals surface area (Å²) in [6.45, 7) is -0.535. The van der Waals surface area contributed by atoms with Gasteiger partial charge in [-0.3, -0.25) is 0 Å². The van der Waals surface area contributed by atoms with Gasteiger partial charge in [-0.05, 0) is 12.2 Å². The van der Waals surface area contributed by atoms with Gasteiger partial charge in [0.05, 0.1) is 6.61 Å². The highest BCUT2D eigenvalue weighted by Crippen LogP contribution is 1.80. The molecule has 0 aliphatic rings. The quantitative estimate of drug-likeness (QED) is 0.370. The molecule has 0 fully saturated rings. The Morgan fingerprint density at radius 1 is 1.80 bits per heavy atom. The van der Waals surface area contributed by atoms with Crippen LogP contribution in [0, 0.1) is 0 Å².